The lowest BCUT2D eigenvalue weighted by molar-refractivity contribution is 0.720. The van der Waals surface area contributed by atoms with Crippen LogP contribution in [0.4, 0.5) is 11.5 Å². The van der Waals surface area contributed by atoms with Crippen LogP contribution in [0.5, 0.6) is 0 Å². The number of aryl methyl sites for hydroxylation is 3. The van der Waals surface area contributed by atoms with Gasteiger partial charge in [0.25, 0.3) is 5.56 Å². The van der Waals surface area contributed by atoms with Crippen LogP contribution < -0.4 is 10.9 Å². The number of hydrogen-bond donors (Lipinski definition) is 1. The Morgan fingerprint density at radius 1 is 1.28 bits per heavy atom. The van der Waals surface area contributed by atoms with E-state index in [0.717, 1.165) is 5.69 Å². The van der Waals surface area contributed by atoms with E-state index in [1.54, 1.807) is 17.0 Å². The number of anilines is 2. The first-order chi connectivity index (χ1) is 8.61. The fraction of sp³-hybridized carbons (Fsp3) is 0.286. The molecule has 0 radical (unpaired) electrons. The molecule has 1 heterocycles. The summed E-state index contributed by atoms with van der Waals surface area (Å²) in [5.41, 5.74) is 3.20. The maximum atomic E-state index is 12.0. The Kier molecular flexibility index (Phi) is 3.46. The number of aromatic nitrogens is 2. The predicted molar refractivity (Wildman–Crippen MR) is 73.4 cm³/mol. The Bertz CT molecular complexity index is 617. The minimum absolute atomic E-state index is 0.0989. The van der Waals surface area contributed by atoms with Gasteiger partial charge < -0.3 is 9.88 Å². The standard InChI is InChI=1S/C14H17N3O/c1-4-17-8-7-15-13(14(17)18)16-12-6-5-10(2)11(3)9-12/h5-9H,4H2,1-3H3,(H,15,16). The van der Waals surface area contributed by atoms with E-state index in [4.69, 9.17) is 0 Å². The molecule has 4 nitrogen and oxygen atoms in total. The van der Waals surface area contributed by atoms with E-state index in [9.17, 15) is 4.79 Å². The quantitative estimate of drug-likeness (QED) is 0.901. The van der Waals surface area contributed by atoms with Gasteiger partial charge in [0.05, 0.1) is 0 Å². The van der Waals surface area contributed by atoms with Crippen LogP contribution in [0.2, 0.25) is 0 Å². The van der Waals surface area contributed by atoms with Crippen LogP contribution in [0.1, 0.15) is 18.1 Å². The van der Waals surface area contributed by atoms with E-state index < -0.39 is 0 Å². The lowest BCUT2D eigenvalue weighted by atomic mass is 10.1. The molecule has 1 aromatic heterocycles. The zero-order valence-corrected chi connectivity index (χ0v) is 10.9. The van der Waals surface area contributed by atoms with Crippen LogP contribution in [-0.4, -0.2) is 9.55 Å². The van der Waals surface area contributed by atoms with E-state index in [2.05, 4.69) is 17.2 Å². The van der Waals surface area contributed by atoms with Gasteiger partial charge in [0.2, 0.25) is 0 Å². The maximum Gasteiger partial charge on any atom is 0.293 e. The summed E-state index contributed by atoms with van der Waals surface area (Å²) in [7, 11) is 0. The molecule has 94 valence electrons. The molecular weight excluding hydrogens is 226 g/mol. The average Bonchev–Trinajstić information content (AvgIpc) is 2.36. The van der Waals surface area contributed by atoms with Gasteiger partial charge in [0, 0.05) is 24.6 Å². The third-order valence-electron chi connectivity index (χ3n) is 3.02. The van der Waals surface area contributed by atoms with Crippen molar-refractivity contribution in [3.05, 3.63) is 52.1 Å². The Morgan fingerprint density at radius 3 is 2.72 bits per heavy atom. The molecule has 0 aliphatic heterocycles. The molecule has 2 rings (SSSR count). The minimum atomic E-state index is -0.0989. The molecule has 0 atom stereocenters. The Labute approximate surface area is 106 Å². The second-order valence-electron chi connectivity index (χ2n) is 4.29. The van der Waals surface area contributed by atoms with E-state index in [0.29, 0.717) is 12.4 Å². The fourth-order valence-corrected chi connectivity index (χ4v) is 1.74. The van der Waals surface area contributed by atoms with Crippen molar-refractivity contribution < 1.29 is 0 Å². The molecule has 18 heavy (non-hydrogen) atoms. The van der Waals surface area contributed by atoms with Crippen molar-refractivity contribution in [2.24, 2.45) is 0 Å². The average molecular weight is 243 g/mol. The lowest BCUT2D eigenvalue weighted by Gasteiger charge is -2.09. The van der Waals surface area contributed by atoms with Gasteiger partial charge in [-0.3, -0.25) is 4.79 Å². The number of rotatable bonds is 3. The number of nitrogens with one attached hydrogen (secondary N) is 1. The Hall–Kier alpha value is -2.10. The molecule has 0 bridgehead atoms. The van der Waals surface area contributed by atoms with Crippen LogP contribution >= 0.6 is 0 Å². The van der Waals surface area contributed by atoms with E-state index in [1.165, 1.54) is 11.1 Å². The summed E-state index contributed by atoms with van der Waals surface area (Å²) >= 11 is 0. The molecule has 1 N–H and O–H groups in total. The first kappa shape index (κ1) is 12.4. The second-order valence-corrected chi connectivity index (χ2v) is 4.29. The van der Waals surface area contributed by atoms with Crippen LogP contribution in [0.15, 0.2) is 35.4 Å². The third-order valence-corrected chi connectivity index (χ3v) is 3.02. The summed E-state index contributed by atoms with van der Waals surface area (Å²) in [5.74, 6) is 0.364. The minimum Gasteiger partial charge on any atom is -0.336 e. The van der Waals surface area contributed by atoms with Gasteiger partial charge in [-0.2, -0.15) is 0 Å². The maximum absolute atomic E-state index is 12.0. The van der Waals surface area contributed by atoms with Crippen molar-refractivity contribution in [3.63, 3.8) is 0 Å². The predicted octanol–water partition coefficient (Wildman–Crippen LogP) is 2.62. The molecule has 1 aromatic carbocycles. The number of nitrogens with zero attached hydrogens (tertiary/aromatic N) is 2. The summed E-state index contributed by atoms with van der Waals surface area (Å²) in [5, 5.41) is 3.07. The van der Waals surface area contributed by atoms with Gasteiger partial charge >= 0.3 is 0 Å². The van der Waals surface area contributed by atoms with E-state index in [1.807, 2.05) is 32.0 Å². The van der Waals surface area contributed by atoms with Gasteiger partial charge in [-0.25, -0.2) is 4.98 Å². The third kappa shape index (κ3) is 2.42. The van der Waals surface area contributed by atoms with Gasteiger partial charge in [0.1, 0.15) is 0 Å². The first-order valence-electron chi connectivity index (χ1n) is 6.01. The topological polar surface area (TPSA) is 46.9 Å². The zero-order valence-electron chi connectivity index (χ0n) is 10.9. The fourth-order valence-electron chi connectivity index (χ4n) is 1.74. The van der Waals surface area contributed by atoms with Crippen LogP contribution in [0.3, 0.4) is 0 Å². The number of benzene rings is 1. The molecular formula is C14H17N3O. The molecule has 0 fully saturated rings. The van der Waals surface area contributed by atoms with Crippen LogP contribution in [0, 0.1) is 13.8 Å². The summed E-state index contributed by atoms with van der Waals surface area (Å²) < 4.78 is 1.62. The highest BCUT2D eigenvalue weighted by Crippen LogP contribution is 2.16. The highest BCUT2D eigenvalue weighted by atomic mass is 16.1. The summed E-state index contributed by atoms with van der Waals surface area (Å²) in [6, 6.07) is 5.99. The first-order valence-corrected chi connectivity index (χ1v) is 6.01. The van der Waals surface area contributed by atoms with E-state index >= 15 is 0 Å². The molecule has 0 saturated heterocycles. The molecule has 0 unspecified atom stereocenters. The van der Waals surface area contributed by atoms with Crippen molar-refractivity contribution in [2.75, 3.05) is 5.32 Å². The van der Waals surface area contributed by atoms with Crippen LogP contribution in [0.25, 0.3) is 0 Å². The van der Waals surface area contributed by atoms with Crippen molar-refractivity contribution in [2.45, 2.75) is 27.3 Å². The molecule has 0 aliphatic rings. The van der Waals surface area contributed by atoms with Crippen molar-refractivity contribution in [3.8, 4) is 0 Å². The van der Waals surface area contributed by atoms with Gasteiger partial charge in [0.15, 0.2) is 5.82 Å². The van der Waals surface area contributed by atoms with Gasteiger partial charge in [-0.05, 0) is 44.0 Å². The van der Waals surface area contributed by atoms with Gasteiger partial charge in [-0.15, -0.1) is 0 Å². The zero-order chi connectivity index (χ0) is 13.1. The summed E-state index contributed by atoms with van der Waals surface area (Å²) in [4.78, 5) is 16.1. The molecule has 4 heteroatoms. The Morgan fingerprint density at radius 2 is 2.06 bits per heavy atom. The largest absolute Gasteiger partial charge is 0.336 e. The van der Waals surface area contributed by atoms with Crippen molar-refractivity contribution in [1.82, 2.24) is 9.55 Å². The Balaban J connectivity index is 2.34. The summed E-state index contributed by atoms with van der Waals surface area (Å²) in [6.07, 6.45) is 3.32. The smallest absolute Gasteiger partial charge is 0.293 e. The molecule has 2 aromatic rings. The monoisotopic (exact) mass is 243 g/mol. The second kappa shape index (κ2) is 5.04. The normalized spacial score (nSPS) is 10.4. The van der Waals surface area contributed by atoms with Crippen LogP contribution in [-0.2, 0) is 6.54 Å². The summed E-state index contributed by atoms with van der Waals surface area (Å²) in [6.45, 7) is 6.68. The van der Waals surface area contributed by atoms with Crippen molar-refractivity contribution >= 4 is 11.5 Å². The number of hydrogen-bond acceptors (Lipinski definition) is 3. The SMILES string of the molecule is CCn1ccnc(Nc2ccc(C)c(C)c2)c1=O. The van der Waals surface area contributed by atoms with E-state index in [-0.39, 0.29) is 5.56 Å². The highest BCUT2D eigenvalue weighted by molar-refractivity contribution is 5.57. The molecule has 0 spiro atoms. The highest BCUT2D eigenvalue weighted by Gasteiger charge is 2.04. The van der Waals surface area contributed by atoms with Gasteiger partial charge in [-0.1, -0.05) is 6.07 Å². The molecule has 0 saturated carbocycles. The molecule has 0 amide bonds. The molecule has 0 aliphatic carbocycles. The van der Waals surface area contributed by atoms with Crippen molar-refractivity contribution in [1.29, 1.82) is 0 Å². The lowest BCUT2D eigenvalue weighted by Crippen LogP contribution is -2.22.